The normalized spacial score (nSPS) is 9.65. The minimum atomic E-state index is 0.306. The fourth-order valence-electron chi connectivity index (χ4n) is 1.62. The van der Waals surface area contributed by atoms with Crippen LogP contribution in [0.5, 0.6) is 17.2 Å². The number of rotatable bonds is 4. The van der Waals surface area contributed by atoms with Crippen LogP contribution in [0.1, 0.15) is 15.9 Å². The largest absolute Gasteiger partial charge is 0.497 e. The van der Waals surface area contributed by atoms with Crippen molar-refractivity contribution in [2.45, 2.75) is 0 Å². The maximum absolute atomic E-state index is 10.7. The van der Waals surface area contributed by atoms with Crippen LogP contribution < -0.4 is 9.47 Å². The highest BCUT2D eigenvalue weighted by Gasteiger charge is 2.06. The first-order chi connectivity index (χ1) is 9.66. The Hall–Kier alpha value is -2.51. The first-order valence-electron chi connectivity index (χ1n) is 5.68. The quantitative estimate of drug-likeness (QED) is 0.802. The van der Waals surface area contributed by atoms with Crippen LogP contribution in [0.2, 0.25) is 5.02 Å². The van der Waals surface area contributed by atoms with Crippen molar-refractivity contribution in [2.75, 3.05) is 7.11 Å². The number of benzene rings is 2. The van der Waals surface area contributed by atoms with E-state index in [2.05, 4.69) is 0 Å². The summed E-state index contributed by atoms with van der Waals surface area (Å²) in [6, 6.07) is 11.6. The molecule has 2 aromatic carbocycles. The van der Waals surface area contributed by atoms with Gasteiger partial charge in [-0.05, 0) is 24.3 Å². The molecule has 2 rings (SSSR count). The van der Waals surface area contributed by atoms with E-state index in [1.807, 2.05) is 6.07 Å². The molecule has 0 saturated carbocycles. The molecule has 0 bridgehead atoms. The van der Waals surface area contributed by atoms with Gasteiger partial charge in [0.25, 0.3) is 0 Å². The van der Waals surface area contributed by atoms with E-state index in [-0.39, 0.29) is 0 Å². The number of aldehydes is 1. The van der Waals surface area contributed by atoms with Crippen molar-refractivity contribution >= 4 is 17.9 Å². The molecule has 100 valence electrons. The van der Waals surface area contributed by atoms with Gasteiger partial charge in [0.15, 0.2) is 6.29 Å². The molecule has 20 heavy (non-hydrogen) atoms. The number of methoxy groups -OCH3 is 1. The maximum atomic E-state index is 10.7. The van der Waals surface area contributed by atoms with Gasteiger partial charge in [0.1, 0.15) is 17.2 Å². The molecule has 0 aliphatic rings. The fraction of sp³-hybridized carbons (Fsp3) is 0.0667. The monoisotopic (exact) mass is 287 g/mol. The highest BCUT2D eigenvalue weighted by atomic mass is 35.5. The van der Waals surface area contributed by atoms with Gasteiger partial charge in [-0.3, -0.25) is 4.79 Å². The SMILES string of the molecule is COc1cc(C#N)cc(Oc2ccc(C=O)c(Cl)c2)c1. The van der Waals surface area contributed by atoms with Crippen molar-refractivity contribution in [3.05, 3.63) is 52.5 Å². The zero-order valence-electron chi connectivity index (χ0n) is 10.6. The molecular weight excluding hydrogens is 278 g/mol. The molecule has 0 heterocycles. The molecule has 0 saturated heterocycles. The molecule has 0 aromatic heterocycles. The first kappa shape index (κ1) is 13.9. The van der Waals surface area contributed by atoms with Crippen LogP contribution in [-0.4, -0.2) is 13.4 Å². The summed E-state index contributed by atoms with van der Waals surface area (Å²) in [6.07, 6.45) is 0.672. The molecule has 0 aliphatic carbocycles. The molecule has 0 N–H and O–H groups in total. The molecule has 0 unspecified atom stereocenters. The number of hydrogen-bond acceptors (Lipinski definition) is 4. The summed E-state index contributed by atoms with van der Waals surface area (Å²) in [5.41, 5.74) is 0.817. The van der Waals surface area contributed by atoms with E-state index in [0.29, 0.717) is 39.7 Å². The number of halogens is 1. The van der Waals surface area contributed by atoms with E-state index < -0.39 is 0 Å². The van der Waals surface area contributed by atoms with E-state index in [4.69, 9.17) is 26.3 Å². The van der Waals surface area contributed by atoms with Gasteiger partial charge < -0.3 is 9.47 Å². The van der Waals surface area contributed by atoms with Crippen molar-refractivity contribution in [1.82, 2.24) is 0 Å². The highest BCUT2D eigenvalue weighted by molar-refractivity contribution is 6.33. The van der Waals surface area contributed by atoms with Gasteiger partial charge in [-0.1, -0.05) is 11.6 Å². The Morgan fingerprint density at radius 1 is 1.15 bits per heavy atom. The molecule has 0 amide bonds. The lowest BCUT2D eigenvalue weighted by Gasteiger charge is -2.09. The first-order valence-corrected chi connectivity index (χ1v) is 6.06. The van der Waals surface area contributed by atoms with Crippen molar-refractivity contribution < 1.29 is 14.3 Å². The maximum Gasteiger partial charge on any atom is 0.151 e. The Labute approximate surface area is 121 Å². The number of ether oxygens (including phenoxy) is 2. The fourth-order valence-corrected chi connectivity index (χ4v) is 1.83. The number of nitriles is 1. The van der Waals surface area contributed by atoms with Gasteiger partial charge in [-0.15, -0.1) is 0 Å². The smallest absolute Gasteiger partial charge is 0.151 e. The molecule has 0 spiro atoms. The molecular formula is C15H10ClNO3. The highest BCUT2D eigenvalue weighted by Crippen LogP contribution is 2.29. The minimum Gasteiger partial charge on any atom is -0.497 e. The van der Waals surface area contributed by atoms with Gasteiger partial charge in [0.05, 0.1) is 23.8 Å². The van der Waals surface area contributed by atoms with Gasteiger partial charge in [0.2, 0.25) is 0 Å². The van der Waals surface area contributed by atoms with E-state index in [1.54, 1.807) is 30.3 Å². The zero-order valence-corrected chi connectivity index (χ0v) is 11.3. The topological polar surface area (TPSA) is 59.3 Å². The molecule has 0 radical (unpaired) electrons. The van der Waals surface area contributed by atoms with Crippen LogP contribution in [0.25, 0.3) is 0 Å². The third-order valence-corrected chi connectivity index (χ3v) is 2.91. The third kappa shape index (κ3) is 3.08. The molecule has 0 aliphatic heterocycles. The molecule has 4 nitrogen and oxygen atoms in total. The zero-order chi connectivity index (χ0) is 14.5. The standard InChI is InChI=1S/C15H10ClNO3/c1-19-13-4-10(8-17)5-14(6-13)20-12-3-2-11(9-18)15(16)7-12/h2-7,9H,1H3. The van der Waals surface area contributed by atoms with E-state index in [9.17, 15) is 4.79 Å². The van der Waals surface area contributed by atoms with Gasteiger partial charge in [0, 0.05) is 17.7 Å². The summed E-state index contributed by atoms with van der Waals surface area (Å²) < 4.78 is 10.7. The molecule has 0 fully saturated rings. The number of hydrogen-bond donors (Lipinski definition) is 0. The summed E-state index contributed by atoms with van der Waals surface area (Å²) in [7, 11) is 1.51. The summed E-state index contributed by atoms with van der Waals surface area (Å²) in [4.78, 5) is 10.7. The second-order valence-corrected chi connectivity index (χ2v) is 4.32. The van der Waals surface area contributed by atoms with Gasteiger partial charge in [-0.2, -0.15) is 5.26 Å². The van der Waals surface area contributed by atoms with Crippen LogP contribution in [0, 0.1) is 11.3 Å². The Bertz CT molecular complexity index is 692. The van der Waals surface area contributed by atoms with Crippen LogP contribution in [0.3, 0.4) is 0 Å². The average molecular weight is 288 g/mol. The Morgan fingerprint density at radius 2 is 1.90 bits per heavy atom. The third-order valence-electron chi connectivity index (χ3n) is 2.58. The van der Waals surface area contributed by atoms with E-state index in [1.165, 1.54) is 13.2 Å². The van der Waals surface area contributed by atoms with Crippen molar-refractivity contribution in [3.8, 4) is 23.3 Å². The second-order valence-electron chi connectivity index (χ2n) is 3.91. The summed E-state index contributed by atoms with van der Waals surface area (Å²) in [5, 5.41) is 9.25. The van der Waals surface area contributed by atoms with Crippen LogP contribution in [-0.2, 0) is 0 Å². The Kier molecular flexibility index (Phi) is 4.24. The minimum absolute atomic E-state index is 0.306. The lowest BCUT2D eigenvalue weighted by Crippen LogP contribution is -1.90. The Morgan fingerprint density at radius 3 is 2.50 bits per heavy atom. The lowest BCUT2D eigenvalue weighted by molar-refractivity contribution is 0.112. The van der Waals surface area contributed by atoms with Crippen molar-refractivity contribution in [1.29, 1.82) is 5.26 Å². The molecule has 0 atom stereocenters. The van der Waals surface area contributed by atoms with Crippen molar-refractivity contribution in [3.63, 3.8) is 0 Å². The number of carbonyl (C=O) groups is 1. The molecule has 5 heteroatoms. The number of nitrogens with zero attached hydrogens (tertiary/aromatic N) is 1. The average Bonchev–Trinajstić information content (AvgIpc) is 2.47. The van der Waals surface area contributed by atoms with Gasteiger partial charge in [-0.25, -0.2) is 0 Å². The number of carbonyl (C=O) groups excluding carboxylic acids is 1. The van der Waals surface area contributed by atoms with Crippen LogP contribution in [0.4, 0.5) is 0 Å². The predicted octanol–water partition coefficient (Wildman–Crippen LogP) is 3.83. The summed E-state index contributed by atoms with van der Waals surface area (Å²) in [6.45, 7) is 0. The van der Waals surface area contributed by atoms with E-state index >= 15 is 0 Å². The predicted molar refractivity (Wildman–Crippen MR) is 74.6 cm³/mol. The van der Waals surface area contributed by atoms with Crippen LogP contribution in [0.15, 0.2) is 36.4 Å². The molecule has 2 aromatic rings. The summed E-state index contributed by atoms with van der Waals surface area (Å²) in [5.74, 6) is 1.45. The van der Waals surface area contributed by atoms with Gasteiger partial charge >= 0.3 is 0 Å². The van der Waals surface area contributed by atoms with E-state index in [0.717, 1.165) is 0 Å². The Balaban J connectivity index is 2.32. The lowest BCUT2D eigenvalue weighted by atomic mass is 10.2. The van der Waals surface area contributed by atoms with Crippen molar-refractivity contribution in [2.24, 2.45) is 0 Å². The summed E-state index contributed by atoms with van der Waals surface area (Å²) >= 11 is 5.92. The second kappa shape index (κ2) is 6.09. The van der Waals surface area contributed by atoms with Crippen LogP contribution >= 0.6 is 11.6 Å².